The van der Waals surface area contributed by atoms with Crippen LogP contribution in [0.15, 0.2) is 0 Å². The van der Waals surface area contributed by atoms with Crippen molar-refractivity contribution in [2.75, 3.05) is 0 Å². The average molecular weight is 464 g/mol. The van der Waals surface area contributed by atoms with Crippen molar-refractivity contribution in [1.29, 1.82) is 0 Å². The summed E-state index contributed by atoms with van der Waals surface area (Å²) in [4.78, 5) is 12.5. The summed E-state index contributed by atoms with van der Waals surface area (Å²) in [6, 6.07) is 0. The van der Waals surface area contributed by atoms with Crippen LogP contribution < -0.4 is 0 Å². The van der Waals surface area contributed by atoms with Crippen molar-refractivity contribution in [3.05, 3.63) is 0 Å². The number of carbonyl (C=O) groups is 1. The zero-order chi connectivity index (χ0) is 14.1. The minimum absolute atomic E-state index is 0.191. The topological polar surface area (TPSA) is 26.3 Å². The standard InChI is InChI=1S/C7H12O2.3C3H7.Pb/c8-7(9)6-4-2-1-3-5-6;3*1-3-2;/h6H,1-5H2,(H,8,9);3*1,3H2,2H3;/q;;;;+1/p-1. The molecule has 3 heteroatoms. The zero-order valence-electron chi connectivity index (χ0n) is 13.2. The fourth-order valence-electron chi connectivity index (χ4n) is 3.53. The molecule has 0 aromatic heterocycles. The van der Waals surface area contributed by atoms with Gasteiger partial charge in [0.1, 0.15) is 0 Å². The van der Waals surface area contributed by atoms with Gasteiger partial charge in [-0.1, -0.05) is 0 Å². The Morgan fingerprint density at radius 1 is 0.947 bits per heavy atom. The molecule has 1 saturated carbocycles. The molecule has 1 aliphatic carbocycles. The molecule has 0 atom stereocenters. The Labute approximate surface area is 125 Å². The molecule has 0 aromatic rings. The molecule has 0 spiro atoms. The molecule has 19 heavy (non-hydrogen) atoms. The average Bonchev–Trinajstić information content (AvgIpc) is 2.40. The van der Waals surface area contributed by atoms with Gasteiger partial charge in [0.25, 0.3) is 0 Å². The van der Waals surface area contributed by atoms with Crippen LogP contribution in [0.4, 0.5) is 0 Å². The second-order valence-corrected chi connectivity index (χ2v) is 22.0. The third-order valence-corrected chi connectivity index (χ3v) is 23.3. The van der Waals surface area contributed by atoms with Crippen LogP contribution in [0.2, 0.25) is 11.9 Å². The molecule has 1 aliphatic rings. The van der Waals surface area contributed by atoms with Crippen molar-refractivity contribution in [3.63, 3.8) is 0 Å². The fraction of sp³-hybridized carbons (Fsp3) is 0.938. The van der Waals surface area contributed by atoms with E-state index in [1.54, 1.807) is 0 Å². The molecule has 0 aromatic carbocycles. The van der Waals surface area contributed by atoms with Crippen molar-refractivity contribution < 1.29 is 7.48 Å². The molecule has 0 saturated heterocycles. The molecule has 2 nitrogen and oxygen atoms in total. The van der Waals surface area contributed by atoms with E-state index in [-0.39, 0.29) is 11.9 Å². The first-order chi connectivity index (χ1) is 9.17. The van der Waals surface area contributed by atoms with Crippen molar-refractivity contribution in [3.8, 4) is 0 Å². The Morgan fingerprint density at radius 3 is 1.84 bits per heavy atom. The molecule has 0 radical (unpaired) electrons. The van der Waals surface area contributed by atoms with Crippen LogP contribution in [0.5, 0.6) is 0 Å². The minimum atomic E-state index is -2.76. The molecular weight excluding hydrogens is 431 g/mol. The van der Waals surface area contributed by atoms with Crippen LogP contribution in [-0.4, -0.2) is 27.6 Å². The normalized spacial score (nSPS) is 17.4. The van der Waals surface area contributed by atoms with E-state index >= 15 is 0 Å². The summed E-state index contributed by atoms with van der Waals surface area (Å²) in [6.45, 7) is 6.73. The molecule has 0 bridgehead atoms. The Bertz CT molecular complexity index is 242. The molecule has 112 valence electrons. The summed E-state index contributed by atoms with van der Waals surface area (Å²) in [7, 11) is 0. The summed E-state index contributed by atoms with van der Waals surface area (Å²) in [5.74, 6) is 0.426. The number of rotatable bonds is 8. The van der Waals surface area contributed by atoms with Crippen molar-refractivity contribution in [1.82, 2.24) is 0 Å². The molecule has 0 aliphatic heterocycles. The van der Waals surface area contributed by atoms with Gasteiger partial charge in [0.2, 0.25) is 0 Å². The van der Waals surface area contributed by atoms with Crippen LogP contribution in [0.3, 0.4) is 0 Å². The van der Waals surface area contributed by atoms with E-state index in [0.29, 0.717) is 0 Å². The van der Waals surface area contributed by atoms with Gasteiger partial charge in [-0.05, 0) is 0 Å². The Morgan fingerprint density at radius 2 is 1.42 bits per heavy atom. The van der Waals surface area contributed by atoms with Crippen LogP contribution in [0.1, 0.15) is 72.1 Å². The maximum absolute atomic E-state index is 12.5. The van der Waals surface area contributed by atoms with Gasteiger partial charge in [-0.15, -0.1) is 0 Å². The molecular formula is C16H32O2Pb. The van der Waals surface area contributed by atoms with Gasteiger partial charge in [0.15, 0.2) is 0 Å². The SMILES string of the molecule is CC[CH2][Pb]([CH2]CC)([CH2]CC)[O]C(=O)C1CCCCC1. The van der Waals surface area contributed by atoms with E-state index in [9.17, 15) is 4.79 Å². The van der Waals surface area contributed by atoms with Gasteiger partial charge in [-0.2, -0.15) is 0 Å². The maximum atomic E-state index is 12.5. The summed E-state index contributed by atoms with van der Waals surface area (Å²) < 4.78 is 10.0. The number of hydrogen-bond donors (Lipinski definition) is 0. The van der Waals surface area contributed by atoms with Crippen LogP contribution >= 0.6 is 0 Å². The van der Waals surface area contributed by atoms with Gasteiger partial charge < -0.3 is 0 Å². The molecule has 0 N–H and O–H groups in total. The van der Waals surface area contributed by atoms with E-state index in [2.05, 4.69) is 20.8 Å². The summed E-state index contributed by atoms with van der Waals surface area (Å²) >= 11 is -2.76. The second kappa shape index (κ2) is 9.35. The van der Waals surface area contributed by atoms with Gasteiger partial charge in [-0.3, -0.25) is 0 Å². The van der Waals surface area contributed by atoms with Crippen molar-refractivity contribution in [2.45, 2.75) is 84.1 Å². The third kappa shape index (κ3) is 5.72. The number of hydrogen-bond acceptors (Lipinski definition) is 2. The third-order valence-electron chi connectivity index (χ3n) is 4.37. The van der Waals surface area contributed by atoms with Gasteiger partial charge in [0.05, 0.1) is 0 Å². The predicted octanol–water partition coefficient (Wildman–Crippen LogP) is 5.29. The van der Waals surface area contributed by atoms with Crippen molar-refractivity contribution in [2.24, 2.45) is 5.92 Å². The van der Waals surface area contributed by atoms with E-state index in [0.717, 1.165) is 12.8 Å². The van der Waals surface area contributed by atoms with Gasteiger partial charge >= 0.3 is 125 Å². The fourth-order valence-corrected chi connectivity index (χ4v) is 20.6. The zero-order valence-corrected chi connectivity index (χ0v) is 17.1. The quantitative estimate of drug-likeness (QED) is 0.458. The molecule has 1 rings (SSSR count). The van der Waals surface area contributed by atoms with Crippen LogP contribution in [0, 0.1) is 5.92 Å². The second-order valence-electron chi connectivity index (χ2n) is 6.19. The van der Waals surface area contributed by atoms with E-state index in [4.69, 9.17) is 2.69 Å². The molecule has 0 unspecified atom stereocenters. The summed E-state index contributed by atoms with van der Waals surface area (Å²) in [5.41, 5.74) is 0. The molecule has 1 fully saturated rings. The first-order valence-corrected chi connectivity index (χ1v) is 18.2. The Hall–Kier alpha value is 0.392. The first-order valence-electron chi connectivity index (χ1n) is 8.40. The van der Waals surface area contributed by atoms with Crippen molar-refractivity contribution >= 4 is 27.6 Å². The Kier molecular flexibility index (Phi) is 8.58. The number of carbonyl (C=O) groups excluding carboxylic acids is 1. The van der Waals surface area contributed by atoms with E-state index < -0.39 is 21.6 Å². The monoisotopic (exact) mass is 464 g/mol. The first kappa shape index (κ1) is 17.4. The van der Waals surface area contributed by atoms with Gasteiger partial charge in [0, 0.05) is 0 Å². The predicted molar refractivity (Wildman–Crippen MR) is 83.7 cm³/mol. The molecule has 0 heterocycles. The van der Waals surface area contributed by atoms with Gasteiger partial charge in [-0.25, -0.2) is 0 Å². The van der Waals surface area contributed by atoms with Crippen LogP contribution in [-0.2, 0) is 7.48 Å². The van der Waals surface area contributed by atoms with E-state index in [1.807, 2.05) is 0 Å². The van der Waals surface area contributed by atoms with E-state index in [1.165, 1.54) is 50.5 Å². The molecule has 0 amide bonds. The summed E-state index contributed by atoms with van der Waals surface area (Å²) in [5, 5.41) is 0. The van der Waals surface area contributed by atoms with Crippen LogP contribution in [0.25, 0.3) is 0 Å². The summed E-state index contributed by atoms with van der Waals surface area (Å²) in [6.07, 6.45) is 9.48. The Balaban J connectivity index is 2.65.